The fraction of sp³-hybridized carbons (Fsp3) is 0.667. The lowest BCUT2D eigenvalue weighted by Gasteiger charge is -1.73. The zero-order chi connectivity index (χ0) is 5.11. The van der Waals surface area contributed by atoms with Gasteiger partial charge in [0, 0.05) is 0 Å². The Hall–Kier alpha value is -0.330. The topological polar surface area (TPSA) is 0 Å². The minimum absolute atomic E-state index is 0.295. The van der Waals surface area contributed by atoms with Gasteiger partial charge in [-0.2, -0.15) is 0 Å². The van der Waals surface area contributed by atoms with Crippen molar-refractivity contribution in [2.45, 2.75) is 12.8 Å². The first-order valence-electron chi connectivity index (χ1n) is 2.66. The number of hydrogen-bond acceptors (Lipinski definition) is 0. The van der Waals surface area contributed by atoms with E-state index in [4.69, 9.17) is 0 Å². The molecule has 0 atom stereocenters. The Bertz CT molecular complexity index is 72.2. The average molecular weight is 100 g/mol. The normalized spacial score (nSPS) is 21.3. The van der Waals surface area contributed by atoms with Gasteiger partial charge < -0.3 is 0 Å². The van der Waals surface area contributed by atoms with Gasteiger partial charge in [-0.3, -0.25) is 0 Å². The standard InChI is InChI=1S/C6H9F/c7-5-1-2-6-3-4-6/h1-2,6H,3-5H2/b2-1+. The molecule has 0 spiro atoms. The first-order chi connectivity index (χ1) is 3.43. The zero-order valence-electron chi connectivity index (χ0n) is 4.23. The van der Waals surface area contributed by atoms with Crippen molar-refractivity contribution in [2.75, 3.05) is 6.67 Å². The van der Waals surface area contributed by atoms with Crippen LogP contribution in [-0.4, -0.2) is 6.67 Å². The molecule has 1 aliphatic carbocycles. The van der Waals surface area contributed by atoms with Gasteiger partial charge in [0.1, 0.15) is 6.67 Å². The lowest BCUT2D eigenvalue weighted by molar-refractivity contribution is 0.560. The number of hydrogen-bond donors (Lipinski definition) is 0. The third-order valence-electron chi connectivity index (χ3n) is 1.12. The van der Waals surface area contributed by atoms with Crippen molar-refractivity contribution in [3.05, 3.63) is 12.2 Å². The van der Waals surface area contributed by atoms with Crippen molar-refractivity contribution in [3.63, 3.8) is 0 Å². The fourth-order valence-electron chi connectivity index (χ4n) is 0.533. The Kier molecular flexibility index (Phi) is 1.45. The lowest BCUT2D eigenvalue weighted by atomic mass is 10.4. The maximum absolute atomic E-state index is 11.3. The highest BCUT2D eigenvalue weighted by Gasteiger charge is 2.16. The summed E-state index contributed by atoms with van der Waals surface area (Å²) in [5, 5.41) is 0. The fourth-order valence-corrected chi connectivity index (χ4v) is 0.533. The Balaban J connectivity index is 2.05. The van der Waals surface area contributed by atoms with Crippen molar-refractivity contribution in [2.24, 2.45) is 5.92 Å². The van der Waals surface area contributed by atoms with E-state index in [1.54, 1.807) is 6.08 Å². The van der Waals surface area contributed by atoms with Crippen LogP contribution in [0.4, 0.5) is 4.39 Å². The summed E-state index contributed by atoms with van der Waals surface area (Å²) >= 11 is 0. The quantitative estimate of drug-likeness (QED) is 0.465. The van der Waals surface area contributed by atoms with Gasteiger partial charge in [0.2, 0.25) is 0 Å². The molecule has 1 rings (SSSR count). The van der Waals surface area contributed by atoms with Gasteiger partial charge in [-0.05, 0) is 18.8 Å². The Labute approximate surface area is 43.0 Å². The molecule has 0 aliphatic heterocycles. The molecule has 0 amide bonds. The molecule has 0 aromatic rings. The second-order valence-electron chi connectivity index (χ2n) is 1.92. The van der Waals surface area contributed by atoms with E-state index in [0.717, 1.165) is 5.92 Å². The highest BCUT2D eigenvalue weighted by atomic mass is 19.1. The summed E-state index contributed by atoms with van der Waals surface area (Å²) in [7, 11) is 0. The summed E-state index contributed by atoms with van der Waals surface area (Å²) in [5.74, 6) is 0.732. The van der Waals surface area contributed by atoms with Crippen LogP contribution in [0.5, 0.6) is 0 Å². The molecule has 7 heavy (non-hydrogen) atoms. The Morgan fingerprint density at radius 2 is 2.29 bits per heavy atom. The summed E-state index contributed by atoms with van der Waals surface area (Å²) in [4.78, 5) is 0. The van der Waals surface area contributed by atoms with Crippen molar-refractivity contribution in [1.29, 1.82) is 0 Å². The summed E-state index contributed by atoms with van der Waals surface area (Å²) in [6.45, 7) is -0.295. The molecule has 0 bridgehead atoms. The second kappa shape index (κ2) is 2.10. The molecule has 40 valence electrons. The Morgan fingerprint density at radius 3 is 2.71 bits per heavy atom. The van der Waals surface area contributed by atoms with E-state index >= 15 is 0 Å². The van der Waals surface area contributed by atoms with Crippen LogP contribution in [0.1, 0.15) is 12.8 Å². The molecule has 1 heteroatoms. The monoisotopic (exact) mass is 100 g/mol. The van der Waals surface area contributed by atoms with Crippen molar-refractivity contribution in [3.8, 4) is 0 Å². The zero-order valence-corrected chi connectivity index (χ0v) is 4.23. The molecule has 0 saturated heterocycles. The van der Waals surface area contributed by atoms with Crippen molar-refractivity contribution in [1.82, 2.24) is 0 Å². The van der Waals surface area contributed by atoms with Crippen LogP contribution < -0.4 is 0 Å². The molecule has 1 fully saturated rings. The molecule has 0 nitrogen and oxygen atoms in total. The van der Waals surface area contributed by atoms with E-state index in [9.17, 15) is 4.39 Å². The van der Waals surface area contributed by atoms with Gasteiger partial charge >= 0.3 is 0 Å². The number of alkyl halides is 1. The molecular formula is C6H9F. The maximum Gasteiger partial charge on any atom is 0.108 e. The largest absolute Gasteiger partial charge is 0.247 e. The predicted molar refractivity (Wildman–Crippen MR) is 27.8 cm³/mol. The predicted octanol–water partition coefficient (Wildman–Crippen LogP) is 1.92. The number of halogens is 1. The van der Waals surface area contributed by atoms with E-state index in [2.05, 4.69) is 0 Å². The van der Waals surface area contributed by atoms with Gasteiger partial charge in [-0.15, -0.1) is 0 Å². The van der Waals surface area contributed by atoms with E-state index in [1.807, 2.05) is 6.08 Å². The van der Waals surface area contributed by atoms with Gasteiger partial charge in [0.05, 0.1) is 0 Å². The van der Waals surface area contributed by atoms with E-state index in [-0.39, 0.29) is 6.67 Å². The minimum atomic E-state index is -0.295. The number of allylic oxidation sites excluding steroid dienone is 2. The molecule has 0 aromatic heterocycles. The van der Waals surface area contributed by atoms with Crippen LogP contribution in [0.15, 0.2) is 12.2 Å². The minimum Gasteiger partial charge on any atom is -0.247 e. The summed E-state index contributed by atoms with van der Waals surface area (Å²) < 4.78 is 11.3. The van der Waals surface area contributed by atoms with Crippen LogP contribution in [0.2, 0.25) is 0 Å². The summed E-state index contributed by atoms with van der Waals surface area (Å²) in [6, 6.07) is 0. The Morgan fingerprint density at radius 1 is 1.57 bits per heavy atom. The van der Waals surface area contributed by atoms with Crippen molar-refractivity contribution < 1.29 is 4.39 Å². The molecule has 0 aromatic carbocycles. The third kappa shape index (κ3) is 1.72. The average Bonchev–Trinajstić information content (AvgIpc) is 2.42. The van der Waals surface area contributed by atoms with E-state index < -0.39 is 0 Å². The van der Waals surface area contributed by atoms with E-state index in [1.165, 1.54) is 12.8 Å². The van der Waals surface area contributed by atoms with Crippen molar-refractivity contribution >= 4 is 0 Å². The molecule has 0 radical (unpaired) electrons. The van der Waals surface area contributed by atoms with Gasteiger partial charge in [0.15, 0.2) is 0 Å². The summed E-state index contributed by atoms with van der Waals surface area (Å²) in [5.41, 5.74) is 0. The van der Waals surface area contributed by atoms with Crippen LogP contribution in [0, 0.1) is 5.92 Å². The van der Waals surface area contributed by atoms with Crippen LogP contribution in [0.25, 0.3) is 0 Å². The first-order valence-corrected chi connectivity index (χ1v) is 2.66. The van der Waals surface area contributed by atoms with Gasteiger partial charge in [-0.1, -0.05) is 12.2 Å². The second-order valence-corrected chi connectivity index (χ2v) is 1.92. The van der Waals surface area contributed by atoms with Crippen LogP contribution in [-0.2, 0) is 0 Å². The molecule has 1 aliphatic rings. The summed E-state index contributed by atoms with van der Waals surface area (Å²) in [6.07, 6.45) is 6.10. The SMILES string of the molecule is FC/C=C/C1CC1. The lowest BCUT2D eigenvalue weighted by Crippen LogP contribution is -1.63. The van der Waals surface area contributed by atoms with Crippen LogP contribution in [0.3, 0.4) is 0 Å². The van der Waals surface area contributed by atoms with E-state index in [0.29, 0.717) is 0 Å². The molecule has 0 N–H and O–H groups in total. The third-order valence-corrected chi connectivity index (χ3v) is 1.12. The first kappa shape index (κ1) is 4.82. The van der Waals surface area contributed by atoms with Crippen LogP contribution >= 0.6 is 0 Å². The van der Waals surface area contributed by atoms with Gasteiger partial charge in [0.25, 0.3) is 0 Å². The maximum atomic E-state index is 11.3. The molecule has 0 unspecified atom stereocenters. The highest BCUT2D eigenvalue weighted by Crippen LogP contribution is 2.29. The molecule has 1 saturated carbocycles. The smallest absolute Gasteiger partial charge is 0.108 e. The highest BCUT2D eigenvalue weighted by molar-refractivity contribution is 4.95. The van der Waals surface area contributed by atoms with Gasteiger partial charge in [-0.25, -0.2) is 4.39 Å². The molecule has 0 heterocycles. The number of rotatable bonds is 2. The molecular weight excluding hydrogens is 91.1 g/mol.